The Hall–Kier alpha value is -1.36. The van der Waals surface area contributed by atoms with Crippen molar-refractivity contribution in [2.45, 2.75) is 13.5 Å². The van der Waals surface area contributed by atoms with Crippen LogP contribution in [0.1, 0.15) is 15.9 Å². The van der Waals surface area contributed by atoms with Crippen molar-refractivity contribution in [1.82, 2.24) is 0 Å². The largest absolute Gasteiger partial charge is 0.478 e. The fourth-order valence-electron chi connectivity index (χ4n) is 1.10. The van der Waals surface area contributed by atoms with Gasteiger partial charge in [0.05, 0.1) is 10.6 Å². The number of carbonyl (C=O) groups is 1. The van der Waals surface area contributed by atoms with Gasteiger partial charge in [-0.3, -0.25) is 0 Å². The van der Waals surface area contributed by atoms with Crippen LogP contribution >= 0.6 is 11.6 Å². The molecule has 0 unspecified atom stereocenters. The molecule has 3 nitrogen and oxygen atoms in total. The van der Waals surface area contributed by atoms with Crippen LogP contribution in [0.15, 0.2) is 12.1 Å². The molecule has 0 aliphatic rings. The zero-order valence-electron chi connectivity index (χ0n) is 7.63. The molecule has 0 atom stereocenters. The second-order valence-corrected chi connectivity index (χ2v) is 3.13. The highest BCUT2D eigenvalue weighted by Crippen LogP contribution is 2.31. The maximum Gasteiger partial charge on any atom is 0.387 e. The molecule has 1 N–H and O–H groups in total. The summed E-state index contributed by atoms with van der Waals surface area (Å²) in [6, 6.07) is 2.56. The highest BCUT2D eigenvalue weighted by atomic mass is 35.5. The number of aryl methyl sites for hydroxylation is 1. The van der Waals surface area contributed by atoms with E-state index < -0.39 is 12.6 Å². The quantitative estimate of drug-likeness (QED) is 0.878. The number of hydrogen-bond acceptors (Lipinski definition) is 2. The molecule has 0 heterocycles. The first-order valence-electron chi connectivity index (χ1n) is 3.90. The Morgan fingerprint density at radius 3 is 2.60 bits per heavy atom. The van der Waals surface area contributed by atoms with E-state index in [1.165, 1.54) is 19.1 Å². The lowest BCUT2D eigenvalue weighted by molar-refractivity contribution is -0.0498. The zero-order valence-corrected chi connectivity index (χ0v) is 8.39. The SMILES string of the molecule is Cc1ccc(OC(F)F)c(Cl)c1C(=O)O. The van der Waals surface area contributed by atoms with E-state index in [0.29, 0.717) is 5.56 Å². The van der Waals surface area contributed by atoms with Crippen LogP contribution in [0.5, 0.6) is 5.75 Å². The molecule has 6 heteroatoms. The van der Waals surface area contributed by atoms with E-state index in [2.05, 4.69) is 4.74 Å². The second kappa shape index (κ2) is 4.44. The van der Waals surface area contributed by atoms with Crippen LogP contribution in [0.2, 0.25) is 5.02 Å². The van der Waals surface area contributed by atoms with Gasteiger partial charge in [0.2, 0.25) is 0 Å². The molecule has 0 radical (unpaired) electrons. The van der Waals surface area contributed by atoms with Crippen molar-refractivity contribution in [3.63, 3.8) is 0 Å². The Kier molecular flexibility index (Phi) is 3.47. The smallest absolute Gasteiger partial charge is 0.387 e. The summed E-state index contributed by atoms with van der Waals surface area (Å²) in [7, 11) is 0. The van der Waals surface area contributed by atoms with Gasteiger partial charge in [-0.15, -0.1) is 0 Å². The average molecular weight is 237 g/mol. The molecule has 0 saturated carbocycles. The summed E-state index contributed by atoms with van der Waals surface area (Å²) in [5.74, 6) is -1.62. The first-order chi connectivity index (χ1) is 6.93. The van der Waals surface area contributed by atoms with Crippen molar-refractivity contribution in [1.29, 1.82) is 0 Å². The fraction of sp³-hybridized carbons (Fsp3) is 0.222. The third-order valence-corrected chi connectivity index (χ3v) is 2.12. The van der Waals surface area contributed by atoms with Crippen LogP contribution in [0, 0.1) is 6.92 Å². The minimum absolute atomic E-state index is 0.227. The number of carboxylic acid groups (broad SMARTS) is 1. The Balaban J connectivity index is 3.22. The molecular weight excluding hydrogens is 230 g/mol. The van der Waals surface area contributed by atoms with E-state index in [9.17, 15) is 13.6 Å². The van der Waals surface area contributed by atoms with Crippen LogP contribution in [0.4, 0.5) is 8.78 Å². The van der Waals surface area contributed by atoms with E-state index in [1.807, 2.05) is 0 Å². The van der Waals surface area contributed by atoms with Gasteiger partial charge in [0.25, 0.3) is 0 Å². The van der Waals surface area contributed by atoms with Crippen molar-refractivity contribution < 1.29 is 23.4 Å². The summed E-state index contributed by atoms with van der Waals surface area (Å²) in [5, 5.41) is 8.46. The molecule has 0 spiro atoms. The van der Waals surface area contributed by atoms with Gasteiger partial charge in [0.1, 0.15) is 5.75 Å². The summed E-state index contributed by atoms with van der Waals surface area (Å²) >= 11 is 5.61. The summed E-state index contributed by atoms with van der Waals surface area (Å²) in [4.78, 5) is 10.8. The molecule has 1 aromatic rings. The summed E-state index contributed by atoms with van der Waals surface area (Å²) in [5.41, 5.74) is 0.156. The van der Waals surface area contributed by atoms with Crippen LogP contribution in [-0.4, -0.2) is 17.7 Å². The predicted molar refractivity (Wildman–Crippen MR) is 49.8 cm³/mol. The first-order valence-corrected chi connectivity index (χ1v) is 4.28. The summed E-state index contributed by atoms with van der Waals surface area (Å²) in [6.45, 7) is -1.52. The number of ether oxygens (including phenoxy) is 1. The van der Waals surface area contributed by atoms with E-state index in [4.69, 9.17) is 16.7 Å². The van der Waals surface area contributed by atoms with E-state index in [1.54, 1.807) is 0 Å². The second-order valence-electron chi connectivity index (χ2n) is 2.75. The molecular formula is C9H7ClF2O3. The third-order valence-electron chi connectivity index (χ3n) is 1.74. The maximum atomic E-state index is 11.9. The minimum Gasteiger partial charge on any atom is -0.478 e. The maximum absolute atomic E-state index is 11.9. The van der Waals surface area contributed by atoms with Gasteiger partial charge in [0.15, 0.2) is 0 Å². The Labute approximate surface area is 89.2 Å². The third kappa shape index (κ3) is 2.56. The first kappa shape index (κ1) is 11.7. The molecule has 0 bridgehead atoms. The molecule has 1 aromatic carbocycles. The number of benzene rings is 1. The van der Waals surface area contributed by atoms with Crippen LogP contribution < -0.4 is 4.74 Å². The molecule has 15 heavy (non-hydrogen) atoms. The summed E-state index contributed by atoms with van der Waals surface area (Å²) in [6.07, 6.45) is 0. The molecule has 82 valence electrons. The van der Waals surface area contributed by atoms with Crippen molar-refractivity contribution in [2.75, 3.05) is 0 Å². The van der Waals surface area contributed by atoms with E-state index in [-0.39, 0.29) is 16.3 Å². The Morgan fingerprint density at radius 2 is 2.13 bits per heavy atom. The molecule has 0 aliphatic carbocycles. The monoisotopic (exact) mass is 236 g/mol. The highest BCUT2D eigenvalue weighted by Gasteiger charge is 2.18. The summed E-state index contributed by atoms with van der Waals surface area (Å²) < 4.78 is 27.9. The van der Waals surface area contributed by atoms with Gasteiger partial charge in [-0.2, -0.15) is 8.78 Å². The number of alkyl halides is 2. The number of halogens is 3. The number of hydrogen-bond donors (Lipinski definition) is 1. The van der Waals surface area contributed by atoms with Gasteiger partial charge < -0.3 is 9.84 Å². The number of rotatable bonds is 3. The molecule has 0 amide bonds. The van der Waals surface area contributed by atoms with Crippen molar-refractivity contribution in [3.05, 3.63) is 28.3 Å². The number of carboxylic acids is 1. The number of aromatic carboxylic acids is 1. The van der Waals surface area contributed by atoms with E-state index in [0.717, 1.165) is 0 Å². The topological polar surface area (TPSA) is 46.5 Å². The van der Waals surface area contributed by atoms with Crippen molar-refractivity contribution >= 4 is 17.6 Å². The minimum atomic E-state index is -3.04. The normalized spacial score (nSPS) is 10.5. The molecule has 0 aliphatic heterocycles. The Morgan fingerprint density at radius 1 is 1.53 bits per heavy atom. The molecule has 1 rings (SSSR count). The van der Waals surface area contributed by atoms with Gasteiger partial charge in [-0.05, 0) is 18.6 Å². The molecule has 0 aromatic heterocycles. The van der Waals surface area contributed by atoms with Crippen LogP contribution in [0.25, 0.3) is 0 Å². The van der Waals surface area contributed by atoms with Gasteiger partial charge in [-0.25, -0.2) is 4.79 Å². The van der Waals surface area contributed by atoms with Crippen LogP contribution in [0.3, 0.4) is 0 Å². The fourth-order valence-corrected chi connectivity index (χ4v) is 1.44. The average Bonchev–Trinajstić information content (AvgIpc) is 2.09. The lowest BCUT2D eigenvalue weighted by Crippen LogP contribution is -2.06. The zero-order chi connectivity index (χ0) is 11.6. The van der Waals surface area contributed by atoms with Crippen LogP contribution in [-0.2, 0) is 0 Å². The van der Waals surface area contributed by atoms with Gasteiger partial charge >= 0.3 is 12.6 Å². The standard InChI is InChI=1S/C9H7ClF2O3/c1-4-2-3-5(15-9(11)12)7(10)6(4)8(13)14/h2-3,9H,1H3,(H,13,14). The predicted octanol–water partition coefficient (Wildman–Crippen LogP) is 2.95. The molecule has 0 saturated heterocycles. The van der Waals surface area contributed by atoms with Gasteiger partial charge in [0, 0.05) is 0 Å². The lowest BCUT2D eigenvalue weighted by atomic mass is 10.1. The lowest BCUT2D eigenvalue weighted by Gasteiger charge is -2.10. The van der Waals surface area contributed by atoms with Gasteiger partial charge in [-0.1, -0.05) is 17.7 Å². The van der Waals surface area contributed by atoms with Crippen molar-refractivity contribution in [2.24, 2.45) is 0 Å². The Bertz CT molecular complexity index is 393. The molecule has 0 fully saturated rings. The van der Waals surface area contributed by atoms with E-state index >= 15 is 0 Å². The van der Waals surface area contributed by atoms with Crippen molar-refractivity contribution in [3.8, 4) is 5.75 Å². The highest BCUT2D eigenvalue weighted by molar-refractivity contribution is 6.35.